The predicted octanol–water partition coefficient (Wildman–Crippen LogP) is 1.63. The van der Waals surface area contributed by atoms with Crippen molar-refractivity contribution < 1.29 is 22.4 Å². The highest BCUT2D eigenvalue weighted by molar-refractivity contribution is 7.91. The Hall–Kier alpha value is -2.36. The maximum absolute atomic E-state index is 13.0. The van der Waals surface area contributed by atoms with Crippen molar-refractivity contribution >= 4 is 33.3 Å². The van der Waals surface area contributed by atoms with Gasteiger partial charge in [-0.2, -0.15) is 0 Å². The molecule has 0 saturated carbocycles. The van der Waals surface area contributed by atoms with Gasteiger partial charge in [0.05, 0.1) is 11.2 Å². The topological polar surface area (TPSA) is 109 Å². The van der Waals surface area contributed by atoms with E-state index in [0.717, 1.165) is 6.54 Å². The van der Waals surface area contributed by atoms with Crippen LogP contribution in [0.4, 0.5) is 0 Å². The summed E-state index contributed by atoms with van der Waals surface area (Å²) in [7, 11) is -0.0826. The maximum Gasteiger partial charge on any atom is 0.309 e. The molecule has 1 aromatic heterocycles. The number of nitrogens with zero attached hydrogens (tertiary/aromatic N) is 1. The van der Waals surface area contributed by atoms with Crippen LogP contribution in [0.2, 0.25) is 5.02 Å². The summed E-state index contributed by atoms with van der Waals surface area (Å²) in [5, 5.41) is 4.10. The number of amides is 2. The van der Waals surface area contributed by atoms with Crippen LogP contribution in [0.25, 0.3) is 0 Å². The van der Waals surface area contributed by atoms with Gasteiger partial charge in [0.25, 0.3) is 0 Å². The highest BCUT2D eigenvalue weighted by atomic mass is 35.5. The Morgan fingerprint density at radius 3 is 2.34 bits per heavy atom. The lowest BCUT2D eigenvalue weighted by Crippen LogP contribution is -2.42. The smallest absolute Gasteiger partial charge is 0.309 e. The van der Waals surface area contributed by atoms with E-state index in [2.05, 4.69) is 10.6 Å². The highest BCUT2D eigenvalue weighted by Crippen LogP contribution is 2.29. The minimum absolute atomic E-state index is 0.0330. The third kappa shape index (κ3) is 6.59. The quantitative estimate of drug-likeness (QED) is 0.452. The molecule has 1 heterocycles. The number of rotatable bonds is 9. The lowest BCUT2D eigenvalue weighted by molar-refractivity contribution is -0.139. The molecule has 2 amide bonds. The lowest BCUT2D eigenvalue weighted by Gasteiger charge is -2.17. The second-order valence-corrected chi connectivity index (χ2v) is 9.19. The summed E-state index contributed by atoms with van der Waals surface area (Å²) in [6.45, 7) is 0.791. The molecule has 0 aliphatic heterocycles. The molecule has 158 valence electrons. The van der Waals surface area contributed by atoms with E-state index in [0.29, 0.717) is 18.0 Å². The summed E-state index contributed by atoms with van der Waals surface area (Å²) < 4.78 is 31.3. The van der Waals surface area contributed by atoms with Gasteiger partial charge in [-0.15, -0.1) is 0 Å². The van der Waals surface area contributed by atoms with E-state index in [9.17, 15) is 18.0 Å². The first-order chi connectivity index (χ1) is 13.7. The zero-order valence-corrected chi connectivity index (χ0v) is 17.8. The van der Waals surface area contributed by atoms with Crippen LogP contribution >= 0.6 is 11.6 Å². The zero-order chi connectivity index (χ0) is 21.4. The average molecular weight is 442 g/mol. The van der Waals surface area contributed by atoms with E-state index < -0.39 is 26.9 Å². The second-order valence-electron chi connectivity index (χ2n) is 6.63. The fourth-order valence-electron chi connectivity index (χ4n) is 2.57. The van der Waals surface area contributed by atoms with Crippen LogP contribution in [0.1, 0.15) is 17.4 Å². The lowest BCUT2D eigenvalue weighted by atomic mass is 10.3. The van der Waals surface area contributed by atoms with Crippen LogP contribution in [-0.4, -0.2) is 58.9 Å². The number of benzene rings is 1. The second kappa shape index (κ2) is 10.4. The normalized spacial score (nSPS) is 12.6. The van der Waals surface area contributed by atoms with Gasteiger partial charge in [0.1, 0.15) is 11.0 Å². The summed E-state index contributed by atoms with van der Waals surface area (Å²) in [5.74, 6) is -1.56. The van der Waals surface area contributed by atoms with Gasteiger partial charge in [-0.3, -0.25) is 9.59 Å². The fraction of sp³-hybridized carbons (Fsp3) is 0.368. The first-order valence-electron chi connectivity index (χ1n) is 8.95. The number of furan rings is 1. The monoisotopic (exact) mass is 441 g/mol. The van der Waals surface area contributed by atoms with Crippen LogP contribution in [0.15, 0.2) is 52.0 Å². The summed E-state index contributed by atoms with van der Waals surface area (Å²) in [5.41, 5.74) is 0. The third-order valence-corrected chi connectivity index (χ3v) is 6.43. The summed E-state index contributed by atoms with van der Waals surface area (Å²) in [4.78, 5) is 26.0. The van der Waals surface area contributed by atoms with E-state index in [-0.39, 0.29) is 17.2 Å². The largest absolute Gasteiger partial charge is 0.468 e. The van der Waals surface area contributed by atoms with E-state index in [1.165, 1.54) is 36.6 Å². The number of hydrogen-bond donors (Lipinski definition) is 2. The predicted molar refractivity (Wildman–Crippen MR) is 109 cm³/mol. The van der Waals surface area contributed by atoms with Crippen molar-refractivity contribution in [1.82, 2.24) is 15.5 Å². The Balaban J connectivity index is 2.05. The number of nitrogens with one attached hydrogen (secondary N) is 2. The van der Waals surface area contributed by atoms with Crippen molar-refractivity contribution in [2.45, 2.75) is 16.6 Å². The van der Waals surface area contributed by atoms with Crippen molar-refractivity contribution in [3.05, 3.63) is 53.4 Å². The van der Waals surface area contributed by atoms with E-state index in [1.807, 2.05) is 19.0 Å². The Kier molecular flexibility index (Phi) is 8.24. The highest BCUT2D eigenvalue weighted by Gasteiger charge is 2.32. The van der Waals surface area contributed by atoms with Gasteiger partial charge < -0.3 is 20.0 Å². The maximum atomic E-state index is 13.0. The number of halogens is 1. The van der Waals surface area contributed by atoms with E-state index in [1.54, 1.807) is 6.07 Å². The average Bonchev–Trinajstić information content (AvgIpc) is 3.19. The molecule has 1 aromatic carbocycles. The Morgan fingerprint density at radius 2 is 1.76 bits per heavy atom. The van der Waals surface area contributed by atoms with Crippen LogP contribution < -0.4 is 10.6 Å². The van der Waals surface area contributed by atoms with Gasteiger partial charge in [-0.1, -0.05) is 11.6 Å². The van der Waals surface area contributed by atoms with E-state index >= 15 is 0 Å². The molecule has 1 atom stereocenters. The van der Waals surface area contributed by atoms with Gasteiger partial charge in [0, 0.05) is 18.1 Å². The van der Waals surface area contributed by atoms with Crippen molar-refractivity contribution in [2.75, 3.05) is 33.7 Å². The van der Waals surface area contributed by atoms with Crippen molar-refractivity contribution in [3.8, 4) is 0 Å². The van der Waals surface area contributed by atoms with Crippen LogP contribution in [-0.2, 0) is 19.4 Å². The number of carbonyl (C=O) groups excluding carboxylic acids is 2. The number of sulfone groups is 1. The molecule has 29 heavy (non-hydrogen) atoms. The number of hydrogen-bond acceptors (Lipinski definition) is 6. The molecule has 2 aromatic rings. The van der Waals surface area contributed by atoms with Crippen molar-refractivity contribution in [1.29, 1.82) is 0 Å². The van der Waals surface area contributed by atoms with Gasteiger partial charge in [0.2, 0.25) is 0 Å². The SMILES string of the molecule is CN(C)CCCNC(=O)C(=O)NC[C@@H](c1ccco1)S(=O)(=O)c1ccc(Cl)cc1. The standard InChI is InChI=1S/C19H24ClN3O5S/c1-23(2)11-4-10-21-18(24)19(25)22-13-17(16-5-3-12-28-16)29(26,27)15-8-6-14(20)7-9-15/h3,5-9,12,17H,4,10-11,13H2,1-2H3,(H,21,24)(H,22,25)/t17-/m0/s1. The third-order valence-electron chi connectivity index (χ3n) is 4.10. The molecule has 0 aliphatic rings. The Morgan fingerprint density at radius 1 is 1.10 bits per heavy atom. The van der Waals surface area contributed by atoms with E-state index in [4.69, 9.17) is 16.0 Å². The molecule has 2 rings (SSSR count). The Labute approximate surface area is 175 Å². The van der Waals surface area contributed by atoms with Crippen molar-refractivity contribution in [2.24, 2.45) is 0 Å². The van der Waals surface area contributed by atoms with Crippen molar-refractivity contribution in [3.63, 3.8) is 0 Å². The van der Waals surface area contributed by atoms with Crippen LogP contribution in [0.5, 0.6) is 0 Å². The molecule has 0 unspecified atom stereocenters. The first kappa shape index (κ1) is 22.9. The summed E-state index contributed by atoms with van der Waals surface area (Å²) in [6.07, 6.45) is 2.03. The molecule has 0 radical (unpaired) electrons. The summed E-state index contributed by atoms with van der Waals surface area (Å²) >= 11 is 5.83. The molecule has 10 heteroatoms. The van der Waals surface area contributed by atoms with Gasteiger partial charge in [-0.05, 0) is 63.5 Å². The molecule has 2 N–H and O–H groups in total. The molecule has 0 spiro atoms. The zero-order valence-electron chi connectivity index (χ0n) is 16.2. The van der Waals surface area contributed by atoms with Crippen LogP contribution in [0.3, 0.4) is 0 Å². The first-order valence-corrected chi connectivity index (χ1v) is 10.9. The number of carbonyl (C=O) groups is 2. The Bertz CT molecular complexity index is 912. The molecule has 0 fully saturated rings. The molecule has 0 aliphatic carbocycles. The molecular formula is C19H24ClN3O5S. The molecule has 8 nitrogen and oxygen atoms in total. The molecule has 0 bridgehead atoms. The minimum Gasteiger partial charge on any atom is -0.468 e. The molecule has 0 saturated heterocycles. The summed E-state index contributed by atoms with van der Waals surface area (Å²) in [6, 6.07) is 8.76. The fourth-order valence-corrected chi connectivity index (χ4v) is 4.28. The molecular weight excluding hydrogens is 418 g/mol. The van der Waals surface area contributed by atoms with Crippen LogP contribution in [0, 0.1) is 0 Å². The van der Waals surface area contributed by atoms with Gasteiger partial charge in [-0.25, -0.2) is 8.42 Å². The minimum atomic E-state index is -3.90. The van der Waals surface area contributed by atoms with Gasteiger partial charge >= 0.3 is 11.8 Å². The van der Waals surface area contributed by atoms with Gasteiger partial charge in [0.15, 0.2) is 9.84 Å².